The molecule has 0 atom stereocenters. The fraction of sp³-hybridized carbons (Fsp3) is 0.895. The van der Waals surface area contributed by atoms with Crippen LogP contribution in [0.5, 0.6) is 0 Å². The molecule has 0 aromatic carbocycles. The van der Waals surface area contributed by atoms with E-state index in [1.807, 2.05) is 13.8 Å². The molecule has 0 aromatic rings. The number of carbonyl (C=O) groups excluding carboxylic acids is 2. The van der Waals surface area contributed by atoms with Crippen molar-refractivity contribution in [2.75, 3.05) is 50.3 Å². The predicted molar refractivity (Wildman–Crippen MR) is 122 cm³/mol. The van der Waals surface area contributed by atoms with Crippen LogP contribution in [-0.2, 0) is 19.1 Å². The molecule has 28 heavy (non-hydrogen) atoms. The standard InChI is InChI=1S/2C5H10O2.C4H6BrClO.C4H7BrO.CH4/c2*1-5(2-6)3-7-4-5;5-3-1-2-4(6)7;5-3-1-2-4-6;/h2*6H,2-4H2,1H3;1-3H2;4H,1-3H2;1H4. The second-order valence-electron chi connectivity index (χ2n) is 7.07. The average Bonchev–Trinajstić information content (AvgIpc) is 2.62. The first-order valence-corrected chi connectivity index (χ1v) is 11.5. The second kappa shape index (κ2) is 20.7. The maximum Gasteiger partial charge on any atom is 0.221 e. The van der Waals surface area contributed by atoms with Gasteiger partial charge < -0.3 is 24.5 Å². The Balaban J connectivity index is -0.000000295. The van der Waals surface area contributed by atoms with E-state index in [1.165, 1.54) is 0 Å². The molecule has 2 aliphatic rings. The van der Waals surface area contributed by atoms with Crippen molar-refractivity contribution in [1.29, 1.82) is 0 Å². The van der Waals surface area contributed by atoms with Crippen molar-refractivity contribution in [3.05, 3.63) is 0 Å². The summed E-state index contributed by atoms with van der Waals surface area (Å²) in [6, 6.07) is 0. The average molecular weight is 557 g/mol. The van der Waals surface area contributed by atoms with E-state index in [2.05, 4.69) is 31.9 Å². The number of aldehydes is 1. The number of hydrogen-bond donors (Lipinski definition) is 2. The van der Waals surface area contributed by atoms with Gasteiger partial charge in [-0.1, -0.05) is 53.1 Å². The lowest BCUT2D eigenvalue weighted by Crippen LogP contribution is -2.42. The number of rotatable bonds is 8. The molecular formula is C19H37Br2ClO6. The van der Waals surface area contributed by atoms with Crippen molar-refractivity contribution in [1.82, 2.24) is 0 Å². The molecule has 0 bridgehead atoms. The highest BCUT2D eigenvalue weighted by Gasteiger charge is 2.32. The quantitative estimate of drug-likeness (QED) is 0.204. The van der Waals surface area contributed by atoms with Crippen LogP contribution >= 0.6 is 43.5 Å². The number of ether oxygens (including phenoxy) is 2. The highest BCUT2D eigenvalue weighted by atomic mass is 79.9. The summed E-state index contributed by atoms with van der Waals surface area (Å²) in [6.45, 7) is 7.44. The molecule has 2 heterocycles. The van der Waals surface area contributed by atoms with Crippen molar-refractivity contribution in [3.63, 3.8) is 0 Å². The van der Waals surface area contributed by atoms with E-state index in [-0.39, 0.29) is 36.7 Å². The predicted octanol–water partition coefficient (Wildman–Crippen LogP) is 3.95. The summed E-state index contributed by atoms with van der Waals surface area (Å²) < 4.78 is 9.74. The molecule has 0 radical (unpaired) electrons. The van der Waals surface area contributed by atoms with Crippen LogP contribution in [0.4, 0.5) is 0 Å². The van der Waals surface area contributed by atoms with E-state index in [0.29, 0.717) is 12.8 Å². The van der Waals surface area contributed by atoms with Crippen molar-refractivity contribution in [3.8, 4) is 0 Å². The Morgan fingerprint density at radius 3 is 1.46 bits per heavy atom. The third-order valence-corrected chi connectivity index (χ3v) is 4.84. The minimum absolute atomic E-state index is 0. The Labute approximate surface area is 191 Å². The van der Waals surface area contributed by atoms with Crippen LogP contribution < -0.4 is 0 Å². The molecule has 0 unspecified atom stereocenters. The van der Waals surface area contributed by atoms with Crippen LogP contribution in [0.2, 0.25) is 0 Å². The van der Waals surface area contributed by atoms with E-state index in [1.54, 1.807) is 0 Å². The van der Waals surface area contributed by atoms with Gasteiger partial charge in [-0.15, -0.1) is 0 Å². The summed E-state index contributed by atoms with van der Waals surface area (Å²) in [5, 5.41) is 18.7. The number of carbonyl (C=O) groups is 2. The number of unbranched alkanes of at least 4 members (excludes halogenated alkanes) is 1. The van der Waals surface area contributed by atoms with Gasteiger partial charge in [-0.25, -0.2) is 0 Å². The third-order valence-electron chi connectivity index (χ3n) is 3.53. The summed E-state index contributed by atoms with van der Waals surface area (Å²) in [5.74, 6) is 0. The monoisotopic (exact) mass is 554 g/mol. The van der Waals surface area contributed by atoms with Crippen molar-refractivity contribution in [2.45, 2.75) is 47.0 Å². The zero-order valence-corrected chi connectivity index (χ0v) is 20.2. The summed E-state index contributed by atoms with van der Waals surface area (Å²) in [7, 11) is 0. The van der Waals surface area contributed by atoms with Gasteiger partial charge in [0.05, 0.1) is 39.6 Å². The van der Waals surface area contributed by atoms with Gasteiger partial charge in [0, 0.05) is 34.3 Å². The van der Waals surface area contributed by atoms with E-state index >= 15 is 0 Å². The van der Waals surface area contributed by atoms with Crippen LogP contribution in [0.3, 0.4) is 0 Å². The Kier molecular flexibility index (Phi) is 24.4. The van der Waals surface area contributed by atoms with E-state index in [9.17, 15) is 9.59 Å². The smallest absolute Gasteiger partial charge is 0.221 e. The Hall–Kier alpha value is 0.430. The normalized spacial score (nSPS) is 17.2. The first kappa shape index (κ1) is 33.1. The maximum absolute atomic E-state index is 9.95. The highest BCUT2D eigenvalue weighted by Crippen LogP contribution is 2.25. The lowest BCUT2D eigenvalue weighted by atomic mass is 9.90. The first-order chi connectivity index (χ1) is 12.7. The second-order valence-corrected chi connectivity index (χ2v) is 9.08. The van der Waals surface area contributed by atoms with Gasteiger partial charge in [-0.2, -0.15) is 0 Å². The molecule has 0 spiro atoms. The highest BCUT2D eigenvalue weighted by molar-refractivity contribution is 9.09. The van der Waals surface area contributed by atoms with Crippen LogP contribution in [0.1, 0.15) is 47.0 Å². The van der Waals surface area contributed by atoms with Gasteiger partial charge in [0.2, 0.25) is 5.24 Å². The molecule has 2 rings (SSSR count). The van der Waals surface area contributed by atoms with E-state index in [0.717, 1.165) is 56.2 Å². The van der Waals surface area contributed by atoms with Gasteiger partial charge in [0.15, 0.2) is 0 Å². The van der Waals surface area contributed by atoms with Crippen LogP contribution in [0.15, 0.2) is 0 Å². The molecule has 6 nitrogen and oxygen atoms in total. The van der Waals surface area contributed by atoms with Crippen LogP contribution in [0, 0.1) is 10.8 Å². The molecule has 2 N–H and O–H groups in total. The number of alkyl halides is 2. The van der Waals surface area contributed by atoms with Crippen LogP contribution in [-0.4, -0.2) is 72.0 Å². The topological polar surface area (TPSA) is 93.1 Å². The Morgan fingerprint density at radius 2 is 1.39 bits per heavy atom. The number of hydrogen-bond acceptors (Lipinski definition) is 6. The van der Waals surface area contributed by atoms with Gasteiger partial charge in [0.1, 0.15) is 6.29 Å². The van der Waals surface area contributed by atoms with Gasteiger partial charge in [0.25, 0.3) is 0 Å². The minimum atomic E-state index is -0.251. The van der Waals surface area contributed by atoms with Gasteiger partial charge in [-0.3, -0.25) is 4.79 Å². The fourth-order valence-corrected chi connectivity index (χ4v) is 2.19. The van der Waals surface area contributed by atoms with Crippen molar-refractivity contribution >= 4 is 55.0 Å². The zero-order valence-electron chi connectivity index (χ0n) is 16.2. The first-order valence-electron chi connectivity index (χ1n) is 8.83. The van der Waals surface area contributed by atoms with E-state index < -0.39 is 0 Å². The number of aliphatic hydroxyl groups is 2. The molecule has 0 aliphatic carbocycles. The summed E-state index contributed by atoms with van der Waals surface area (Å²) in [5.41, 5.74) is 0.194. The van der Waals surface area contributed by atoms with Gasteiger partial charge >= 0.3 is 0 Å². The summed E-state index contributed by atoms with van der Waals surface area (Å²) in [4.78, 5) is 19.5. The fourth-order valence-electron chi connectivity index (χ4n) is 1.45. The molecule has 0 amide bonds. The lowest BCUT2D eigenvalue weighted by Gasteiger charge is -2.35. The third kappa shape index (κ3) is 19.7. The SMILES string of the molecule is C.CC1(CO)COC1.CC1(CO)COC1.O=C(Cl)CCCBr.O=CCCCBr. The number of halogens is 3. The minimum Gasteiger partial charge on any atom is -0.396 e. The number of aliphatic hydroxyl groups excluding tert-OH is 2. The Bertz CT molecular complexity index is 346. The van der Waals surface area contributed by atoms with Crippen LogP contribution in [0.25, 0.3) is 0 Å². The zero-order chi connectivity index (χ0) is 21.2. The van der Waals surface area contributed by atoms with Crippen molar-refractivity contribution in [2.24, 2.45) is 10.8 Å². The molecule has 0 aromatic heterocycles. The maximum atomic E-state index is 9.95. The molecule has 2 saturated heterocycles. The largest absolute Gasteiger partial charge is 0.396 e. The molecule has 2 fully saturated rings. The van der Waals surface area contributed by atoms with E-state index in [4.69, 9.17) is 31.3 Å². The molecule has 9 heteroatoms. The van der Waals surface area contributed by atoms with Gasteiger partial charge in [-0.05, 0) is 24.4 Å². The molecule has 0 saturated carbocycles. The molecule has 2 aliphatic heterocycles. The molecular weight excluding hydrogens is 519 g/mol. The summed E-state index contributed by atoms with van der Waals surface area (Å²) in [6.07, 6.45) is 3.89. The lowest BCUT2D eigenvalue weighted by molar-refractivity contribution is -0.125. The van der Waals surface area contributed by atoms with Crippen molar-refractivity contribution < 1.29 is 29.3 Å². The summed E-state index contributed by atoms with van der Waals surface area (Å²) >= 11 is 11.4. The molecule has 170 valence electrons. The Morgan fingerprint density at radius 1 is 1.00 bits per heavy atom.